The molecule has 1 amide bonds. The predicted octanol–water partition coefficient (Wildman–Crippen LogP) is 4.01. The Kier molecular flexibility index (Phi) is 9.15. The largest absolute Gasteiger partial charge is 0.464 e. The van der Waals surface area contributed by atoms with Crippen molar-refractivity contribution >= 4 is 25.5 Å². The maximum atomic E-state index is 12.9. The minimum atomic E-state index is -1.42. The maximum Gasteiger partial charge on any atom is 0.457 e. The van der Waals surface area contributed by atoms with Crippen LogP contribution in [-0.2, 0) is 28.4 Å². The molecule has 31 heavy (non-hydrogen) atoms. The predicted molar refractivity (Wildman–Crippen MR) is 119 cm³/mol. The number of aldehydes is 1. The molecule has 0 aromatic carbocycles. The van der Waals surface area contributed by atoms with E-state index in [0.29, 0.717) is 25.4 Å². The van der Waals surface area contributed by atoms with Crippen LogP contribution in [0.4, 0.5) is 4.79 Å². The number of ether oxygens (including phenoxy) is 2. The van der Waals surface area contributed by atoms with Gasteiger partial charge in [-0.05, 0) is 68.1 Å². The van der Waals surface area contributed by atoms with E-state index >= 15 is 0 Å². The Morgan fingerprint density at radius 1 is 1.06 bits per heavy atom. The van der Waals surface area contributed by atoms with E-state index in [2.05, 4.69) is 0 Å². The van der Waals surface area contributed by atoms with Crippen LogP contribution in [0.15, 0.2) is 0 Å². The highest BCUT2D eigenvalue weighted by atomic mass is 16.7. The van der Waals surface area contributed by atoms with Gasteiger partial charge in [0.2, 0.25) is 0 Å². The Labute approximate surface area is 187 Å². The molecule has 1 saturated heterocycles. The first-order chi connectivity index (χ1) is 14.1. The Balaban J connectivity index is 2.90. The third-order valence-corrected chi connectivity index (χ3v) is 5.97. The van der Waals surface area contributed by atoms with Gasteiger partial charge in [-0.3, -0.25) is 4.90 Å². The molecule has 0 saturated carbocycles. The Bertz CT molecular complexity index is 628. The summed E-state index contributed by atoms with van der Waals surface area (Å²) in [5.74, 6) is -0.605. The summed E-state index contributed by atoms with van der Waals surface area (Å²) in [7, 11) is 1.14. The van der Waals surface area contributed by atoms with E-state index in [1.165, 1.54) is 11.9 Å². The van der Waals surface area contributed by atoms with E-state index < -0.39 is 34.4 Å². The number of nitrogens with zero attached hydrogens (tertiary/aromatic N) is 1. The minimum absolute atomic E-state index is 0.148. The Morgan fingerprint density at radius 3 is 2.06 bits per heavy atom. The van der Waals surface area contributed by atoms with Gasteiger partial charge in [0.15, 0.2) is 0 Å². The molecule has 0 spiro atoms. The van der Waals surface area contributed by atoms with Gasteiger partial charge in [-0.25, -0.2) is 9.59 Å². The van der Waals surface area contributed by atoms with E-state index in [-0.39, 0.29) is 26.6 Å². The van der Waals surface area contributed by atoms with Crippen molar-refractivity contribution in [2.75, 3.05) is 13.7 Å². The Hall–Kier alpha value is -1.61. The third-order valence-electron chi connectivity index (χ3n) is 5.97. The van der Waals surface area contributed by atoms with Crippen LogP contribution in [0, 0.1) is 0 Å². The zero-order valence-electron chi connectivity index (χ0n) is 20.7. The van der Waals surface area contributed by atoms with Crippen LogP contribution in [0.2, 0.25) is 6.32 Å². The number of unbranched alkanes of at least 4 members (excludes halogenated alkanes) is 1. The average Bonchev–Trinajstić information content (AvgIpc) is 2.82. The van der Waals surface area contributed by atoms with Crippen LogP contribution in [0.5, 0.6) is 0 Å². The van der Waals surface area contributed by atoms with Crippen molar-refractivity contribution in [3.05, 3.63) is 0 Å². The van der Waals surface area contributed by atoms with E-state index in [1.54, 1.807) is 27.7 Å². The summed E-state index contributed by atoms with van der Waals surface area (Å²) in [5.41, 5.74) is -2.96. The molecule has 1 aliphatic rings. The van der Waals surface area contributed by atoms with Gasteiger partial charge in [-0.2, -0.15) is 0 Å². The molecule has 0 aromatic rings. The molecular weight excluding hydrogens is 401 g/mol. The number of hydrogen-bond donors (Lipinski definition) is 0. The van der Waals surface area contributed by atoms with Gasteiger partial charge in [0.05, 0.1) is 17.8 Å². The Morgan fingerprint density at radius 2 is 1.61 bits per heavy atom. The molecule has 1 unspecified atom stereocenters. The fourth-order valence-corrected chi connectivity index (χ4v) is 3.45. The molecule has 1 fully saturated rings. The fraction of sp³-hybridized carbons (Fsp3) is 0.864. The van der Waals surface area contributed by atoms with Crippen LogP contribution in [0.3, 0.4) is 0 Å². The van der Waals surface area contributed by atoms with Crippen LogP contribution in [0.1, 0.15) is 81.1 Å². The van der Waals surface area contributed by atoms with E-state index in [9.17, 15) is 14.4 Å². The summed E-state index contributed by atoms with van der Waals surface area (Å²) < 4.78 is 22.7. The summed E-state index contributed by atoms with van der Waals surface area (Å²) in [5, 5.41) is 0. The molecule has 1 heterocycles. The molecule has 1 aliphatic heterocycles. The molecule has 8 nitrogen and oxygen atoms in total. The second-order valence-electron chi connectivity index (χ2n) is 10.1. The topological polar surface area (TPSA) is 91.4 Å². The van der Waals surface area contributed by atoms with Crippen LogP contribution in [-0.4, -0.2) is 66.4 Å². The van der Waals surface area contributed by atoms with Crippen molar-refractivity contribution in [1.29, 1.82) is 0 Å². The second kappa shape index (κ2) is 10.3. The van der Waals surface area contributed by atoms with Crippen molar-refractivity contribution < 1.29 is 33.2 Å². The molecule has 0 bridgehead atoms. The van der Waals surface area contributed by atoms with Gasteiger partial charge in [0.1, 0.15) is 17.4 Å². The van der Waals surface area contributed by atoms with Crippen molar-refractivity contribution in [3.63, 3.8) is 0 Å². The van der Waals surface area contributed by atoms with E-state index in [1.807, 2.05) is 27.7 Å². The molecule has 0 N–H and O–H groups in total. The van der Waals surface area contributed by atoms with Crippen LogP contribution >= 0.6 is 0 Å². The number of amides is 1. The van der Waals surface area contributed by atoms with Gasteiger partial charge in [-0.15, -0.1) is 0 Å². The zero-order chi connectivity index (χ0) is 24.1. The van der Waals surface area contributed by atoms with Gasteiger partial charge >= 0.3 is 19.2 Å². The number of hydrogen-bond acceptors (Lipinski definition) is 7. The normalized spacial score (nSPS) is 19.5. The molecule has 0 aliphatic carbocycles. The lowest BCUT2D eigenvalue weighted by Crippen LogP contribution is -2.57. The fourth-order valence-electron chi connectivity index (χ4n) is 3.45. The summed E-state index contributed by atoms with van der Waals surface area (Å²) in [6.07, 6.45) is 1.98. The lowest BCUT2D eigenvalue weighted by Gasteiger charge is -2.39. The molecule has 178 valence electrons. The number of esters is 1. The van der Waals surface area contributed by atoms with Crippen molar-refractivity contribution in [1.82, 2.24) is 4.90 Å². The quantitative estimate of drug-likeness (QED) is 0.219. The summed E-state index contributed by atoms with van der Waals surface area (Å²) >= 11 is 0. The molecule has 0 aromatic heterocycles. The van der Waals surface area contributed by atoms with Crippen molar-refractivity contribution in [3.8, 4) is 0 Å². The SMILES string of the molecule is CCOC(=O)C(CC=O)(CCCCB1OC(C)(C)C(C)(C)O1)N(C)C(=O)OC(C)(C)C. The van der Waals surface area contributed by atoms with Gasteiger partial charge in [0, 0.05) is 13.5 Å². The molecule has 1 atom stereocenters. The first-order valence-electron chi connectivity index (χ1n) is 11.0. The average molecular weight is 441 g/mol. The molecular formula is C22H40BNO7. The summed E-state index contributed by atoms with van der Waals surface area (Å²) in [6, 6.07) is 0. The van der Waals surface area contributed by atoms with E-state index in [4.69, 9.17) is 18.8 Å². The maximum absolute atomic E-state index is 12.9. The third kappa shape index (κ3) is 6.94. The highest BCUT2D eigenvalue weighted by Gasteiger charge is 2.51. The summed E-state index contributed by atoms with van der Waals surface area (Å²) in [4.78, 5) is 38.3. The van der Waals surface area contributed by atoms with Crippen LogP contribution in [0.25, 0.3) is 0 Å². The minimum Gasteiger partial charge on any atom is -0.464 e. The highest BCUT2D eigenvalue weighted by molar-refractivity contribution is 6.45. The van der Waals surface area contributed by atoms with Gasteiger partial charge in [0.25, 0.3) is 0 Å². The lowest BCUT2D eigenvalue weighted by molar-refractivity contribution is -0.158. The molecule has 0 radical (unpaired) electrons. The van der Waals surface area contributed by atoms with Gasteiger partial charge < -0.3 is 23.6 Å². The van der Waals surface area contributed by atoms with Crippen molar-refractivity contribution in [2.24, 2.45) is 0 Å². The van der Waals surface area contributed by atoms with Crippen LogP contribution < -0.4 is 0 Å². The zero-order valence-corrected chi connectivity index (χ0v) is 20.7. The molecule has 1 rings (SSSR count). The second-order valence-corrected chi connectivity index (χ2v) is 10.1. The first kappa shape index (κ1) is 27.4. The molecule has 9 heteroatoms. The standard InChI is InChI=1S/C22H40BNO7/c1-10-28-17(26)22(14-16-25,24(9)18(27)29-19(2,3)4)13-11-12-15-23-30-20(5,6)21(7,8)31-23/h16H,10-15H2,1-9H3. The van der Waals surface area contributed by atoms with Gasteiger partial charge in [-0.1, -0.05) is 12.8 Å². The smallest absolute Gasteiger partial charge is 0.457 e. The van der Waals surface area contributed by atoms with E-state index in [0.717, 1.165) is 0 Å². The monoisotopic (exact) mass is 441 g/mol. The lowest BCUT2D eigenvalue weighted by atomic mass is 9.80. The highest BCUT2D eigenvalue weighted by Crippen LogP contribution is 2.38. The summed E-state index contributed by atoms with van der Waals surface area (Å²) in [6.45, 7) is 15.1. The first-order valence-corrected chi connectivity index (χ1v) is 11.0. The number of rotatable bonds is 10. The van der Waals surface area contributed by atoms with Crippen molar-refractivity contribution in [2.45, 2.75) is 110 Å². The number of carbonyl (C=O) groups excluding carboxylic acids is 3. The number of likely N-dealkylation sites (N-methyl/N-ethyl adjacent to an activating group) is 1. The number of carbonyl (C=O) groups is 3.